The highest BCUT2D eigenvalue weighted by Gasteiger charge is 2.48. The Balaban J connectivity index is 1.75. The lowest BCUT2D eigenvalue weighted by Gasteiger charge is -2.50. The summed E-state index contributed by atoms with van der Waals surface area (Å²) < 4.78 is 11.6. The van der Waals surface area contributed by atoms with Gasteiger partial charge in [-0.05, 0) is 70.1 Å². The lowest BCUT2D eigenvalue weighted by Crippen LogP contribution is -2.49. The third-order valence-electron chi connectivity index (χ3n) is 8.28. The maximum atomic E-state index is 12.9. The smallest absolute Gasteiger partial charge is 0.311 e. The summed E-state index contributed by atoms with van der Waals surface area (Å²) in [6, 6.07) is 0. The summed E-state index contributed by atoms with van der Waals surface area (Å²) in [5.41, 5.74) is -0.536. The highest BCUT2D eigenvalue weighted by atomic mass is 16.6. The minimum absolute atomic E-state index is 0.0488. The van der Waals surface area contributed by atoms with Gasteiger partial charge in [-0.2, -0.15) is 0 Å². The van der Waals surface area contributed by atoms with Gasteiger partial charge in [-0.15, -0.1) is 0 Å². The molecule has 3 fully saturated rings. The summed E-state index contributed by atoms with van der Waals surface area (Å²) >= 11 is 0. The van der Waals surface area contributed by atoms with Crippen LogP contribution in [0, 0.1) is 35.0 Å². The molecule has 6 nitrogen and oxygen atoms in total. The molecule has 0 amide bonds. The fourth-order valence-corrected chi connectivity index (χ4v) is 5.98. The second-order valence-corrected chi connectivity index (χ2v) is 10.9. The Kier molecular flexibility index (Phi) is 7.82. The lowest BCUT2D eigenvalue weighted by atomic mass is 9.58. The third-order valence-corrected chi connectivity index (χ3v) is 8.28. The Bertz CT molecular complexity index is 658. The molecule has 1 heterocycles. The van der Waals surface area contributed by atoms with Crippen molar-refractivity contribution in [2.45, 2.75) is 104 Å². The Morgan fingerprint density at radius 1 is 1.23 bits per heavy atom. The van der Waals surface area contributed by atoms with Gasteiger partial charge in [0, 0.05) is 18.3 Å². The first-order valence-corrected chi connectivity index (χ1v) is 12.2. The van der Waals surface area contributed by atoms with Crippen LogP contribution in [-0.2, 0) is 23.9 Å². The van der Waals surface area contributed by atoms with Gasteiger partial charge < -0.3 is 19.4 Å². The molecule has 2 saturated carbocycles. The zero-order valence-corrected chi connectivity index (χ0v) is 19.5. The second-order valence-electron chi connectivity index (χ2n) is 10.9. The quantitative estimate of drug-likeness (QED) is 0.478. The first-order chi connectivity index (χ1) is 14.6. The first-order valence-electron chi connectivity index (χ1n) is 12.2. The molecule has 1 aliphatic heterocycles. The topological polar surface area (TPSA) is 89.9 Å². The van der Waals surface area contributed by atoms with E-state index in [4.69, 9.17) is 9.47 Å². The van der Waals surface area contributed by atoms with E-state index in [2.05, 4.69) is 6.92 Å². The number of ether oxygens (including phenoxy) is 2. The van der Waals surface area contributed by atoms with Crippen LogP contribution in [0.15, 0.2) is 0 Å². The van der Waals surface area contributed by atoms with Crippen molar-refractivity contribution in [3.05, 3.63) is 0 Å². The molecule has 0 bridgehead atoms. The highest BCUT2D eigenvalue weighted by Crippen LogP contribution is 2.50. The van der Waals surface area contributed by atoms with Gasteiger partial charge in [0.25, 0.3) is 0 Å². The molecule has 1 saturated heterocycles. The van der Waals surface area contributed by atoms with E-state index < -0.39 is 11.5 Å². The van der Waals surface area contributed by atoms with E-state index in [-0.39, 0.29) is 42.4 Å². The van der Waals surface area contributed by atoms with Crippen molar-refractivity contribution < 1.29 is 29.0 Å². The van der Waals surface area contributed by atoms with Crippen LogP contribution in [0.3, 0.4) is 0 Å². The van der Waals surface area contributed by atoms with Gasteiger partial charge in [-0.3, -0.25) is 9.59 Å². The van der Waals surface area contributed by atoms with Gasteiger partial charge in [0.15, 0.2) is 0 Å². The van der Waals surface area contributed by atoms with E-state index >= 15 is 0 Å². The normalized spacial score (nSPS) is 38.7. The van der Waals surface area contributed by atoms with Crippen LogP contribution in [0.5, 0.6) is 0 Å². The number of hydrogen-bond acceptors (Lipinski definition) is 6. The predicted molar refractivity (Wildman–Crippen MR) is 116 cm³/mol. The molecule has 8 atom stereocenters. The SMILES string of the molecule is CCC(C)(C)C(=O)O[C@H]1C[C@@H](C=O)C[C@@H]2CC[C@H](C)[C@H](CC[C@@H]3C[C@@H](O)CC(=O)O3)[C@H]21. The van der Waals surface area contributed by atoms with Crippen molar-refractivity contribution in [3.63, 3.8) is 0 Å². The van der Waals surface area contributed by atoms with Crippen LogP contribution in [0.2, 0.25) is 0 Å². The number of rotatable bonds is 7. The van der Waals surface area contributed by atoms with E-state index in [1.54, 1.807) is 0 Å². The molecule has 0 unspecified atom stereocenters. The van der Waals surface area contributed by atoms with Gasteiger partial charge in [0.05, 0.1) is 17.9 Å². The molecule has 3 rings (SSSR count). The lowest BCUT2D eigenvalue weighted by molar-refractivity contribution is -0.174. The van der Waals surface area contributed by atoms with E-state index in [9.17, 15) is 19.5 Å². The van der Waals surface area contributed by atoms with E-state index in [1.165, 1.54) is 0 Å². The summed E-state index contributed by atoms with van der Waals surface area (Å²) in [5.74, 6) is 0.913. The minimum atomic E-state index is -0.615. The standard InChI is InChI=1S/C25H40O6/c1-5-25(3,4)24(29)31-21-11-16(14-26)10-17-7-6-15(2)20(23(17)21)9-8-19-12-18(27)13-22(28)30-19/h14-21,23,27H,5-13H2,1-4H3/t15-,16-,17-,18+,19+,20-,21-,23-/m0/s1. The largest absolute Gasteiger partial charge is 0.462 e. The Morgan fingerprint density at radius 3 is 2.61 bits per heavy atom. The van der Waals surface area contributed by atoms with Crippen molar-refractivity contribution in [2.75, 3.05) is 0 Å². The van der Waals surface area contributed by atoms with Gasteiger partial charge in [-0.25, -0.2) is 0 Å². The maximum absolute atomic E-state index is 12.9. The fourth-order valence-electron chi connectivity index (χ4n) is 5.98. The number of esters is 2. The number of carbonyl (C=O) groups is 3. The molecule has 176 valence electrons. The van der Waals surface area contributed by atoms with Crippen molar-refractivity contribution in [2.24, 2.45) is 35.0 Å². The Hall–Kier alpha value is -1.43. The van der Waals surface area contributed by atoms with E-state index in [0.29, 0.717) is 37.0 Å². The molecule has 2 aliphatic carbocycles. The Labute approximate surface area is 186 Å². The highest BCUT2D eigenvalue weighted by molar-refractivity contribution is 5.76. The third kappa shape index (κ3) is 5.68. The number of cyclic esters (lactones) is 1. The number of aldehydes is 1. The van der Waals surface area contributed by atoms with Gasteiger partial charge in [0.1, 0.15) is 18.5 Å². The first kappa shape index (κ1) is 24.2. The van der Waals surface area contributed by atoms with Crippen molar-refractivity contribution in [1.29, 1.82) is 0 Å². The van der Waals surface area contributed by atoms with E-state index in [0.717, 1.165) is 38.4 Å². The number of aliphatic hydroxyl groups is 1. The molecular weight excluding hydrogens is 396 g/mol. The molecular formula is C25H40O6. The van der Waals surface area contributed by atoms with Crippen LogP contribution in [0.1, 0.15) is 85.5 Å². The molecule has 0 aromatic rings. The molecule has 1 N–H and O–H groups in total. The van der Waals surface area contributed by atoms with E-state index in [1.807, 2.05) is 20.8 Å². The predicted octanol–water partition coefficient (Wildman–Crippen LogP) is 4.07. The average Bonchev–Trinajstić information content (AvgIpc) is 2.72. The van der Waals surface area contributed by atoms with Gasteiger partial charge >= 0.3 is 11.9 Å². The molecule has 3 aliphatic rings. The Morgan fingerprint density at radius 2 is 1.97 bits per heavy atom. The van der Waals surface area contributed by atoms with Gasteiger partial charge in [0.2, 0.25) is 0 Å². The summed E-state index contributed by atoms with van der Waals surface area (Å²) in [5, 5.41) is 9.93. The van der Waals surface area contributed by atoms with Gasteiger partial charge in [-0.1, -0.05) is 20.3 Å². The number of aliphatic hydroxyl groups excluding tert-OH is 1. The van der Waals surface area contributed by atoms with Crippen LogP contribution in [0.4, 0.5) is 0 Å². The van der Waals surface area contributed by atoms with Crippen molar-refractivity contribution >= 4 is 18.2 Å². The zero-order valence-electron chi connectivity index (χ0n) is 19.5. The summed E-state index contributed by atoms with van der Waals surface area (Å²) in [7, 11) is 0. The number of fused-ring (bicyclic) bond motifs is 1. The average molecular weight is 437 g/mol. The van der Waals surface area contributed by atoms with Crippen LogP contribution < -0.4 is 0 Å². The molecule has 0 spiro atoms. The fraction of sp³-hybridized carbons (Fsp3) is 0.880. The van der Waals surface area contributed by atoms with Crippen LogP contribution in [0.25, 0.3) is 0 Å². The monoisotopic (exact) mass is 436 g/mol. The number of carbonyl (C=O) groups excluding carboxylic acids is 3. The maximum Gasteiger partial charge on any atom is 0.311 e. The molecule has 0 aromatic heterocycles. The van der Waals surface area contributed by atoms with Crippen LogP contribution >= 0.6 is 0 Å². The summed E-state index contributed by atoms with van der Waals surface area (Å²) in [6.07, 6.45) is 6.48. The zero-order chi connectivity index (χ0) is 22.8. The summed E-state index contributed by atoms with van der Waals surface area (Å²) in [4.78, 5) is 36.3. The molecule has 0 aromatic carbocycles. The molecule has 31 heavy (non-hydrogen) atoms. The molecule has 6 heteroatoms. The van der Waals surface area contributed by atoms with Crippen molar-refractivity contribution in [1.82, 2.24) is 0 Å². The second kappa shape index (κ2) is 10.0. The minimum Gasteiger partial charge on any atom is -0.462 e. The molecule has 0 radical (unpaired) electrons. The summed E-state index contributed by atoms with van der Waals surface area (Å²) in [6.45, 7) is 8.08. The van der Waals surface area contributed by atoms with Crippen LogP contribution in [-0.4, -0.2) is 41.6 Å². The van der Waals surface area contributed by atoms with Crippen molar-refractivity contribution in [3.8, 4) is 0 Å². The number of hydrogen-bond donors (Lipinski definition) is 1.